The molecule has 2 heteroatoms. The van der Waals surface area contributed by atoms with Gasteiger partial charge in [0, 0.05) is 32.8 Å². The van der Waals surface area contributed by atoms with Gasteiger partial charge in [0.15, 0.2) is 0 Å². The first-order valence-electron chi connectivity index (χ1n) is 17.1. The Morgan fingerprint density at radius 3 is 1.58 bits per heavy atom. The van der Waals surface area contributed by atoms with Gasteiger partial charge in [0.1, 0.15) is 22.5 Å². The molecule has 0 spiro atoms. The maximum Gasteiger partial charge on any atom is 0.144 e. The van der Waals surface area contributed by atoms with E-state index in [2.05, 4.69) is 158 Å². The van der Waals surface area contributed by atoms with Crippen molar-refractivity contribution in [3.8, 4) is 33.6 Å². The van der Waals surface area contributed by atoms with Crippen molar-refractivity contribution >= 4 is 76.0 Å². The first-order valence-corrected chi connectivity index (χ1v) is 17.1. The molecular weight excluding hydrogens is 609 g/mol. The highest BCUT2D eigenvalue weighted by molar-refractivity contribution is 6.30. The largest absolute Gasteiger partial charge is 0.456 e. The second-order valence-corrected chi connectivity index (χ2v) is 13.1. The lowest BCUT2D eigenvalue weighted by Crippen LogP contribution is -1.93. The fraction of sp³-hybridized carbons (Fsp3) is 0. The molecule has 0 atom stereocenters. The number of para-hydroxylation sites is 1. The van der Waals surface area contributed by atoms with Crippen LogP contribution in [0.2, 0.25) is 0 Å². The van der Waals surface area contributed by atoms with E-state index < -0.39 is 0 Å². The first-order chi connectivity index (χ1) is 24.8. The maximum absolute atomic E-state index is 6.84. The molecule has 0 bridgehead atoms. The van der Waals surface area contributed by atoms with Crippen LogP contribution < -0.4 is 0 Å². The summed E-state index contributed by atoms with van der Waals surface area (Å²) in [6.45, 7) is 0. The van der Waals surface area contributed by atoms with Gasteiger partial charge in [-0.25, -0.2) is 0 Å². The van der Waals surface area contributed by atoms with E-state index in [1.165, 1.54) is 54.2 Å². The molecule has 0 amide bonds. The lowest BCUT2D eigenvalue weighted by atomic mass is 9.83. The summed E-state index contributed by atoms with van der Waals surface area (Å²) < 4.78 is 13.5. The zero-order valence-corrected chi connectivity index (χ0v) is 27.0. The minimum Gasteiger partial charge on any atom is -0.456 e. The van der Waals surface area contributed by atoms with Gasteiger partial charge in [0.2, 0.25) is 0 Å². The van der Waals surface area contributed by atoms with Crippen LogP contribution in [0, 0.1) is 0 Å². The van der Waals surface area contributed by atoms with Gasteiger partial charge in [-0.3, -0.25) is 0 Å². The Hall–Kier alpha value is -6.64. The zero-order valence-electron chi connectivity index (χ0n) is 27.0. The predicted octanol–water partition coefficient (Wildman–Crippen LogP) is 13.9. The van der Waals surface area contributed by atoms with Crippen LogP contribution in [0.1, 0.15) is 0 Å². The highest BCUT2D eigenvalue weighted by Crippen LogP contribution is 2.51. The summed E-state index contributed by atoms with van der Waals surface area (Å²) >= 11 is 0. The molecule has 2 aromatic heterocycles. The molecule has 232 valence electrons. The Kier molecular flexibility index (Phi) is 5.70. The molecular formula is C48H28O2. The van der Waals surface area contributed by atoms with E-state index in [0.29, 0.717) is 0 Å². The van der Waals surface area contributed by atoms with Gasteiger partial charge in [0.25, 0.3) is 0 Å². The lowest BCUT2D eigenvalue weighted by molar-refractivity contribution is 0.631. The van der Waals surface area contributed by atoms with Gasteiger partial charge in [-0.05, 0) is 78.5 Å². The van der Waals surface area contributed by atoms with Crippen molar-refractivity contribution in [1.29, 1.82) is 0 Å². The molecule has 2 nitrogen and oxygen atoms in total. The predicted molar refractivity (Wildman–Crippen MR) is 210 cm³/mol. The SMILES string of the molecule is c1ccc(-c2cc3c(-c4c5ccccc5c(-c5cc6ccccc6c6ccccc56)c5ccccc45)c4oc5ccccc5c4cc3o2)cc1. The number of hydrogen-bond acceptors (Lipinski definition) is 2. The molecule has 9 aromatic carbocycles. The molecule has 0 fully saturated rings. The van der Waals surface area contributed by atoms with Crippen molar-refractivity contribution in [1.82, 2.24) is 0 Å². The average Bonchev–Trinajstić information content (AvgIpc) is 3.78. The molecule has 0 saturated heterocycles. The van der Waals surface area contributed by atoms with Crippen molar-refractivity contribution in [3.05, 3.63) is 170 Å². The summed E-state index contributed by atoms with van der Waals surface area (Å²) in [5.41, 5.74) is 8.32. The normalized spacial score (nSPS) is 12.0. The Balaban J connectivity index is 1.33. The van der Waals surface area contributed by atoms with Crippen LogP contribution in [-0.2, 0) is 0 Å². The lowest BCUT2D eigenvalue weighted by Gasteiger charge is -2.20. The van der Waals surface area contributed by atoms with Crippen LogP contribution in [0.5, 0.6) is 0 Å². The second-order valence-electron chi connectivity index (χ2n) is 13.1. The summed E-state index contributed by atoms with van der Waals surface area (Å²) in [5.74, 6) is 0.840. The van der Waals surface area contributed by atoms with Gasteiger partial charge in [-0.15, -0.1) is 0 Å². The molecule has 0 aliphatic rings. The van der Waals surface area contributed by atoms with Crippen LogP contribution in [0.25, 0.3) is 110 Å². The van der Waals surface area contributed by atoms with Gasteiger partial charge in [0.05, 0.1) is 0 Å². The second kappa shape index (κ2) is 10.4. The summed E-state index contributed by atoms with van der Waals surface area (Å²) in [6, 6.07) is 60.7. The fourth-order valence-electron chi connectivity index (χ4n) is 8.30. The summed E-state index contributed by atoms with van der Waals surface area (Å²) in [6.07, 6.45) is 0. The summed E-state index contributed by atoms with van der Waals surface area (Å²) in [7, 11) is 0. The van der Waals surface area contributed by atoms with E-state index in [0.717, 1.165) is 55.4 Å². The molecule has 0 aliphatic heterocycles. The number of furan rings is 2. The van der Waals surface area contributed by atoms with Crippen LogP contribution in [-0.4, -0.2) is 0 Å². The van der Waals surface area contributed by atoms with Gasteiger partial charge in [-0.1, -0.05) is 146 Å². The van der Waals surface area contributed by atoms with E-state index in [4.69, 9.17) is 8.83 Å². The Morgan fingerprint density at radius 1 is 0.300 bits per heavy atom. The Bertz CT molecular complexity index is 3080. The maximum atomic E-state index is 6.84. The summed E-state index contributed by atoms with van der Waals surface area (Å²) in [4.78, 5) is 0. The van der Waals surface area contributed by atoms with Gasteiger partial charge < -0.3 is 8.83 Å². The number of rotatable bonds is 3. The Morgan fingerprint density at radius 2 is 0.860 bits per heavy atom. The molecule has 0 radical (unpaired) electrons. The summed E-state index contributed by atoms with van der Waals surface area (Å²) in [5, 5.41) is 12.9. The average molecular weight is 637 g/mol. The topological polar surface area (TPSA) is 26.3 Å². The molecule has 11 rings (SSSR count). The molecule has 0 aliphatic carbocycles. The minimum atomic E-state index is 0.840. The van der Waals surface area contributed by atoms with Crippen LogP contribution in [0.15, 0.2) is 179 Å². The van der Waals surface area contributed by atoms with Crippen molar-refractivity contribution < 1.29 is 8.83 Å². The van der Waals surface area contributed by atoms with E-state index in [1.54, 1.807) is 0 Å². The van der Waals surface area contributed by atoms with Crippen LogP contribution in [0.3, 0.4) is 0 Å². The number of hydrogen-bond donors (Lipinski definition) is 0. The molecule has 2 heterocycles. The molecule has 50 heavy (non-hydrogen) atoms. The number of fused-ring (bicyclic) bond motifs is 9. The van der Waals surface area contributed by atoms with Crippen molar-refractivity contribution in [2.24, 2.45) is 0 Å². The number of benzene rings is 9. The monoisotopic (exact) mass is 636 g/mol. The highest BCUT2D eigenvalue weighted by atomic mass is 16.3. The fourth-order valence-corrected chi connectivity index (χ4v) is 8.30. The van der Waals surface area contributed by atoms with E-state index >= 15 is 0 Å². The highest BCUT2D eigenvalue weighted by Gasteiger charge is 2.25. The quantitative estimate of drug-likeness (QED) is 0.142. The molecule has 0 N–H and O–H groups in total. The van der Waals surface area contributed by atoms with E-state index in [9.17, 15) is 0 Å². The van der Waals surface area contributed by atoms with Crippen LogP contribution in [0.4, 0.5) is 0 Å². The van der Waals surface area contributed by atoms with Crippen molar-refractivity contribution in [2.75, 3.05) is 0 Å². The zero-order chi connectivity index (χ0) is 32.8. The van der Waals surface area contributed by atoms with E-state index in [1.807, 2.05) is 12.1 Å². The standard InChI is InChI=1S/C48H28O2/c1-2-14-29(15-3-1)43-28-41-44(49-43)27-40-34-20-12-13-25-42(34)50-48(40)47(41)46-37-23-10-8-21-35(37)45(36-22-9-11-24-38(36)46)39-26-30-16-4-5-17-31(30)32-18-6-7-19-33(32)39/h1-28H. The third-order valence-electron chi connectivity index (χ3n) is 10.4. The third kappa shape index (κ3) is 3.85. The Labute approximate surface area is 287 Å². The third-order valence-corrected chi connectivity index (χ3v) is 10.4. The van der Waals surface area contributed by atoms with Crippen LogP contribution >= 0.6 is 0 Å². The molecule has 0 saturated carbocycles. The smallest absolute Gasteiger partial charge is 0.144 e. The van der Waals surface area contributed by atoms with Crippen molar-refractivity contribution in [2.45, 2.75) is 0 Å². The minimum absolute atomic E-state index is 0.840. The molecule has 0 unspecified atom stereocenters. The van der Waals surface area contributed by atoms with Crippen molar-refractivity contribution in [3.63, 3.8) is 0 Å². The first kappa shape index (κ1) is 27.3. The van der Waals surface area contributed by atoms with Gasteiger partial charge >= 0.3 is 0 Å². The molecule has 11 aromatic rings. The van der Waals surface area contributed by atoms with Gasteiger partial charge in [-0.2, -0.15) is 0 Å². The van der Waals surface area contributed by atoms with E-state index in [-0.39, 0.29) is 0 Å².